The zero-order chi connectivity index (χ0) is 17.2. The average molecular weight is 350 g/mol. The number of halogens is 1. The van der Waals surface area contributed by atoms with Gasteiger partial charge < -0.3 is 10.2 Å². The van der Waals surface area contributed by atoms with Crippen molar-refractivity contribution >= 4 is 17.5 Å². The third kappa shape index (κ3) is 4.11. The lowest BCUT2D eigenvalue weighted by Crippen LogP contribution is -2.50. The molecule has 0 bridgehead atoms. The van der Waals surface area contributed by atoms with Gasteiger partial charge in [-0.25, -0.2) is 0 Å². The monoisotopic (exact) mass is 349 g/mol. The number of benzene rings is 1. The molecule has 1 aromatic carbocycles. The Morgan fingerprint density at radius 3 is 2.75 bits per heavy atom. The lowest BCUT2D eigenvalue weighted by Gasteiger charge is -2.33. The van der Waals surface area contributed by atoms with Crippen molar-refractivity contribution in [3.8, 4) is 0 Å². The van der Waals surface area contributed by atoms with E-state index in [1.807, 2.05) is 32.0 Å². The Kier molecular flexibility index (Phi) is 5.48. The number of nitrogens with zero attached hydrogens (tertiary/aromatic N) is 2. The number of rotatable bonds is 4. The fraction of sp³-hybridized carbons (Fsp3) is 0.632. The lowest BCUT2D eigenvalue weighted by molar-refractivity contribution is -0.139. The highest BCUT2D eigenvalue weighted by molar-refractivity contribution is 6.30. The van der Waals surface area contributed by atoms with Crippen molar-refractivity contribution in [3.05, 3.63) is 34.9 Å². The summed E-state index contributed by atoms with van der Waals surface area (Å²) in [4.78, 5) is 17.6. The van der Waals surface area contributed by atoms with E-state index in [9.17, 15) is 4.79 Å². The number of carbonyl (C=O) groups is 1. The number of amides is 1. The Morgan fingerprint density at radius 1 is 1.29 bits per heavy atom. The Bertz CT molecular complexity index is 584. The zero-order valence-electron chi connectivity index (χ0n) is 14.7. The largest absolute Gasteiger partial charge is 0.341 e. The van der Waals surface area contributed by atoms with Crippen LogP contribution in [0.4, 0.5) is 0 Å². The summed E-state index contributed by atoms with van der Waals surface area (Å²) >= 11 is 6.08. The van der Waals surface area contributed by atoms with Crippen LogP contribution in [0.3, 0.4) is 0 Å². The summed E-state index contributed by atoms with van der Waals surface area (Å²) in [6.07, 6.45) is 1.82. The van der Waals surface area contributed by atoms with Crippen molar-refractivity contribution in [2.75, 3.05) is 39.3 Å². The Labute approximate surface area is 150 Å². The molecular formula is C19H28ClN3O. The van der Waals surface area contributed by atoms with Crippen molar-refractivity contribution in [3.63, 3.8) is 0 Å². The van der Waals surface area contributed by atoms with Gasteiger partial charge in [0, 0.05) is 55.7 Å². The van der Waals surface area contributed by atoms with Gasteiger partial charge in [-0.1, -0.05) is 37.6 Å². The minimum Gasteiger partial charge on any atom is -0.341 e. The molecule has 1 unspecified atom stereocenters. The molecule has 0 aliphatic carbocycles. The predicted octanol–water partition coefficient (Wildman–Crippen LogP) is 2.41. The van der Waals surface area contributed by atoms with Crippen molar-refractivity contribution < 1.29 is 4.79 Å². The summed E-state index contributed by atoms with van der Waals surface area (Å²) in [7, 11) is 0. The second kappa shape index (κ2) is 7.42. The second-order valence-corrected chi connectivity index (χ2v) is 8.11. The summed E-state index contributed by atoms with van der Waals surface area (Å²) in [5.41, 5.74) is 0.724. The smallest absolute Gasteiger partial charge is 0.228 e. The van der Waals surface area contributed by atoms with Gasteiger partial charge in [-0.05, 0) is 30.5 Å². The van der Waals surface area contributed by atoms with Gasteiger partial charge >= 0.3 is 0 Å². The van der Waals surface area contributed by atoms with Crippen LogP contribution in [-0.4, -0.2) is 61.0 Å². The number of nitrogens with one attached hydrogen (secondary N) is 1. The molecular weight excluding hydrogens is 322 g/mol. The molecule has 5 heteroatoms. The topological polar surface area (TPSA) is 35.6 Å². The van der Waals surface area contributed by atoms with Crippen LogP contribution in [0.15, 0.2) is 24.3 Å². The van der Waals surface area contributed by atoms with Crippen LogP contribution < -0.4 is 5.32 Å². The van der Waals surface area contributed by atoms with Crippen LogP contribution in [0.1, 0.15) is 25.8 Å². The fourth-order valence-corrected chi connectivity index (χ4v) is 4.15. The van der Waals surface area contributed by atoms with Gasteiger partial charge in [0.05, 0.1) is 0 Å². The van der Waals surface area contributed by atoms with Crippen LogP contribution in [0, 0.1) is 5.41 Å². The molecule has 0 radical (unpaired) electrons. The quantitative estimate of drug-likeness (QED) is 0.906. The maximum absolute atomic E-state index is 13.0. The maximum atomic E-state index is 13.0. The lowest BCUT2D eigenvalue weighted by atomic mass is 9.84. The average Bonchev–Trinajstić information content (AvgIpc) is 3.04. The number of carbonyl (C=O) groups excluding carboxylic acids is 1. The molecule has 2 heterocycles. The number of hydrogen-bond acceptors (Lipinski definition) is 3. The highest BCUT2D eigenvalue weighted by Gasteiger charge is 2.37. The van der Waals surface area contributed by atoms with Gasteiger partial charge in [0.15, 0.2) is 0 Å². The van der Waals surface area contributed by atoms with Gasteiger partial charge in [0.2, 0.25) is 5.91 Å². The maximum Gasteiger partial charge on any atom is 0.228 e. The van der Waals surface area contributed by atoms with Crippen LogP contribution in [0.25, 0.3) is 0 Å². The van der Waals surface area contributed by atoms with E-state index in [0.717, 1.165) is 62.7 Å². The highest BCUT2D eigenvalue weighted by atomic mass is 35.5. The van der Waals surface area contributed by atoms with E-state index in [4.69, 9.17) is 11.6 Å². The molecule has 1 N–H and O–H groups in total. The molecule has 4 nitrogen and oxygen atoms in total. The number of hydrogen-bond donors (Lipinski definition) is 1. The molecule has 2 fully saturated rings. The fourth-order valence-electron chi connectivity index (χ4n) is 3.93. The van der Waals surface area contributed by atoms with Crippen LogP contribution in [0.2, 0.25) is 5.02 Å². The van der Waals surface area contributed by atoms with E-state index >= 15 is 0 Å². The Balaban J connectivity index is 1.60. The first kappa shape index (κ1) is 17.7. The summed E-state index contributed by atoms with van der Waals surface area (Å²) in [5, 5.41) is 4.13. The van der Waals surface area contributed by atoms with Crippen LogP contribution in [-0.2, 0) is 11.2 Å². The third-order valence-corrected chi connectivity index (χ3v) is 5.47. The first-order valence-electron chi connectivity index (χ1n) is 8.94. The number of piperazine rings is 1. The SMILES string of the molecule is CC(C)(Cc1cccc(Cl)c1)C(=O)N1CCC(N2CCNCC2)C1. The van der Waals surface area contributed by atoms with E-state index in [2.05, 4.69) is 21.2 Å². The minimum absolute atomic E-state index is 0.264. The molecule has 2 saturated heterocycles. The molecule has 1 aromatic rings. The van der Waals surface area contributed by atoms with E-state index in [1.54, 1.807) is 0 Å². The molecule has 2 aliphatic heterocycles. The Morgan fingerprint density at radius 2 is 2.04 bits per heavy atom. The molecule has 0 saturated carbocycles. The van der Waals surface area contributed by atoms with Gasteiger partial charge in [-0.3, -0.25) is 9.69 Å². The van der Waals surface area contributed by atoms with Crippen molar-refractivity contribution in [1.82, 2.24) is 15.1 Å². The van der Waals surface area contributed by atoms with E-state index in [-0.39, 0.29) is 5.91 Å². The standard InChI is InChI=1S/C19H28ClN3O/c1-19(2,13-15-4-3-5-16(20)12-15)18(24)23-9-6-17(14-23)22-10-7-21-8-11-22/h3-5,12,17,21H,6-11,13-14H2,1-2H3. The van der Waals surface area contributed by atoms with Crippen LogP contribution >= 0.6 is 11.6 Å². The van der Waals surface area contributed by atoms with Crippen LogP contribution in [0.5, 0.6) is 0 Å². The van der Waals surface area contributed by atoms with Crippen molar-refractivity contribution in [2.45, 2.75) is 32.7 Å². The molecule has 2 aliphatic rings. The normalized spacial score (nSPS) is 22.8. The molecule has 1 atom stereocenters. The van der Waals surface area contributed by atoms with Gasteiger partial charge in [-0.15, -0.1) is 0 Å². The summed E-state index contributed by atoms with van der Waals surface area (Å²) in [6, 6.07) is 8.36. The highest BCUT2D eigenvalue weighted by Crippen LogP contribution is 2.28. The summed E-state index contributed by atoms with van der Waals surface area (Å²) < 4.78 is 0. The molecule has 0 spiro atoms. The molecule has 132 valence electrons. The molecule has 3 rings (SSSR count). The van der Waals surface area contributed by atoms with Gasteiger partial charge in [0.1, 0.15) is 0 Å². The minimum atomic E-state index is -0.400. The summed E-state index contributed by atoms with van der Waals surface area (Å²) in [5.74, 6) is 0.264. The Hall–Kier alpha value is -1.10. The van der Waals surface area contributed by atoms with E-state index in [0.29, 0.717) is 6.04 Å². The second-order valence-electron chi connectivity index (χ2n) is 7.67. The van der Waals surface area contributed by atoms with Crippen molar-refractivity contribution in [2.24, 2.45) is 5.41 Å². The first-order valence-corrected chi connectivity index (χ1v) is 9.32. The van der Waals surface area contributed by atoms with Crippen molar-refractivity contribution in [1.29, 1.82) is 0 Å². The summed E-state index contributed by atoms with van der Waals surface area (Å²) in [6.45, 7) is 10.2. The van der Waals surface area contributed by atoms with Gasteiger partial charge in [-0.2, -0.15) is 0 Å². The predicted molar refractivity (Wildman–Crippen MR) is 98.4 cm³/mol. The number of likely N-dealkylation sites (tertiary alicyclic amines) is 1. The molecule has 0 aromatic heterocycles. The van der Waals surface area contributed by atoms with Gasteiger partial charge in [0.25, 0.3) is 0 Å². The first-order chi connectivity index (χ1) is 11.5. The van der Waals surface area contributed by atoms with E-state index < -0.39 is 5.41 Å². The zero-order valence-corrected chi connectivity index (χ0v) is 15.5. The molecule has 1 amide bonds. The third-order valence-electron chi connectivity index (χ3n) is 5.23. The molecule has 24 heavy (non-hydrogen) atoms. The van der Waals surface area contributed by atoms with E-state index in [1.165, 1.54) is 0 Å².